The van der Waals surface area contributed by atoms with E-state index in [1.165, 1.54) is 12.8 Å². The van der Waals surface area contributed by atoms with Crippen LogP contribution in [-0.2, 0) is 4.79 Å². The van der Waals surface area contributed by atoms with Crippen molar-refractivity contribution in [3.05, 3.63) is 47.2 Å². The number of amides is 2. The molecule has 35 heavy (non-hydrogen) atoms. The summed E-state index contributed by atoms with van der Waals surface area (Å²) < 4.78 is 7.00. The first-order chi connectivity index (χ1) is 16.6. The second-order valence-electron chi connectivity index (χ2n) is 10.6. The monoisotopic (exact) mass is 476 g/mol. The number of rotatable bonds is 7. The minimum absolute atomic E-state index is 0.0241. The van der Waals surface area contributed by atoms with Crippen LogP contribution in [0.2, 0.25) is 0 Å². The first-order valence-electron chi connectivity index (χ1n) is 12.1. The second kappa shape index (κ2) is 8.25. The van der Waals surface area contributed by atoms with Gasteiger partial charge in [-0.3, -0.25) is 14.9 Å². The van der Waals surface area contributed by atoms with E-state index in [0.717, 1.165) is 17.7 Å². The molecule has 4 atom stereocenters. The maximum atomic E-state index is 12.9. The third kappa shape index (κ3) is 3.79. The summed E-state index contributed by atoms with van der Waals surface area (Å²) in [5.74, 6) is 0.504. The van der Waals surface area contributed by atoms with Crippen LogP contribution in [0.15, 0.2) is 34.9 Å². The molecule has 0 aliphatic heterocycles. The van der Waals surface area contributed by atoms with Gasteiger partial charge in [-0.25, -0.2) is 4.68 Å². The molecule has 0 radical (unpaired) electrons. The summed E-state index contributed by atoms with van der Waals surface area (Å²) in [7, 11) is 0. The first-order valence-corrected chi connectivity index (χ1v) is 12.1. The molecule has 2 heterocycles. The van der Waals surface area contributed by atoms with Crippen LogP contribution in [0.3, 0.4) is 0 Å². The average Bonchev–Trinajstić information content (AvgIpc) is 3.42. The number of nitrogens with zero attached hydrogens (tertiary/aromatic N) is 3. The Morgan fingerprint density at radius 2 is 1.94 bits per heavy atom. The molecule has 2 saturated carbocycles. The van der Waals surface area contributed by atoms with Crippen molar-refractivity contribution in [2.45, 2.75) is 64.8 Å². The maximum absolute atomic E-state index is 12.9. The van der Waals surface area contributed by atoms with Gasteiger partial charge >= 0.3 is 0 Å². The number of carbonyl (C=O) groups is 2. The summed E-state index contributed by atoms with van der Waals surface area (Å²) in [5, 5.41) is 11.6. The molecular weight excluding hydrogens is 444 g/mol. The van der Waals surface area contributed by atoms with Crippen molar-refractivity contribution in [1.29, 1.82) is 0 Å². The van der Waals surface area contributed by atoms with E-state index in [0.29, 0.717) is 34.4 Å². The highest BCUT2D eigenvalue weighted by molar-refractivity contribution is 6.03. The van der Waals surface area contributed by atoms with Gasteiger partial charge in [-0.15, -0.1) is 0 Å². The number of anilines is 2. The van der Waals surface area contributed by atoms with Gasteiger partial charge < -0.3 is 16.0 Å². The molecule has 184 valence electrons. The molecule has 3 aromatic rings. The summed E-state index contributed by atoms with van der Waals surface area (Å²) in [6, 6.07) is 9.15. The molecule has 2 aliphatic carbocycles. The number of nitrogens with two attached hydrogens (primary N) is 2. The van der Waals surface area contributed by atoms with Gasteiger partial charge in [-0.1, -0.05) is 36.3 Å². The number of benzene rings is 1. The lowest BCUT2D eigenvalue weighted by atomic mass is 9.43. The summed E-state index contributed by atoms with van der Waals surface area (Å²) in [4.78, 5) is 24.9. The third-order valence-corrected chi connectivity index (χ3v) is 8.01. The standard InChI is InChI=1S/C26H32N6O3/c1-13(2)32-23(27)21(24(28)33)22(30-32)16-7-5-15(6-8-16)14(3)25(34)29-20-11-19(31-35-20)17-12-26(4)10-9-18(17)26/h5-8,11,13-14,17-18H,9-10,12,27H2,1-4H3,(H2,28,33)(H,29,34). The van der Waals surface area contributed by atoms with E-state index in [-0.39, 0.29) is 23.3 Å². The Morgan fingerprint density at radius 1 is 1.23 bits per heavy atom. The normalized spacial score (nSPS) is 23.8. The zero-order chi connectivity index (χ0) is 25.1. The lowest BCUT2D eigenvalue weighted by Crippen LogP contribution is -2.52. The van der Waals surface area contributed by atoms with E-state index < -0.39 is 11.8 Å². The molecule has 2 fully saturated rings. The van der Waals surface area contributed by atoms with E-state index in [1.807, 2.05) is 51.1 Å². The Hall–Kier alpha value is -3.62. The van der Waals surface area contributed by atoms with E-state index in [9.17, 15) is 9.59 Å². The Labute approximate surface area is 204 Å². The van der Waals surface area contributed by atoms with Crippen LogP contribution in [0.4, 0.5) is 11.7 Å². The zero-order valence-electron chi connectivity index (χ0n) is 20.5. The van der Waals surface area contributed by atoms with Crippen LogP contribution < -0.4 is 16.8 Å². The highest BCUT2D eigenvalue weighted by Gasteiger charge is 2.57. The van der Waals surface area contributed by atoms with E-state index in [1.54, 1.807) is 4.68 Å². The zero-order valence-corrected chi connectivity index (χ0v) is 20.5. The van der Waals surface area contributed by atoms with Gasteiger partial charge in [0, 0.05) is 23.6 Å². The number of nitrogen functional groups attached to an aromatic ring is 1. The van der Waals surface area contributed by atoms with E-state index in [4.69, 9.17) is 16.0 Å². The van der Waals surface area contributed by atoms with Crippen molar-refractivity contribution in [2.75, 3.05) is 11.1 Å². The molecule has 1 aromatic carbocycles. The van der Waals surface area contributed by atoms with Crippen LogP contribution in [0.1, 0.15) is 86.5 Å². The average molecular weight is 477 g/mol. The van der Waals surface area contributed by atoms with Gasteiger partial charge in [0.15, 0.2) is 0 Å². The number of fused-ring (bicyclic) bond motifs is 1. The fourth-order valence-corrected chi connectivity index (χ4v) is 5.66. The largest absolute Gasteiger partial charge is 0.383 e. The Kier molecular flexibility index (Phi) is 5.45. The second-order valence-corrected chi connectivity index (χ2v) is 10.6. The smallest absolute Gasteiger partial charge is 0.254 e. The van der Waals surface area contributed by atoms with Crippen molar-refractivity contribution in [3.63, 3.8) is 0 Å². The van der Waals surface area contributed by atoms with Gasteiger partial charge in [-0.05, 0) is 56.9 Å². The molecular formula is C26H32N6O3. The minimum Gasteiger partial charge on any atom is -0.383 e. The number of hydrogen-bond acceptors (Lipinski definition) is 6. The van der Waals surface area contributed by atoms with Crippen molar-refractivity contribution < 1.29 is 14.1 Å². The maximum Gasteiger partial charge on any atom is 0.254 e. The van der Waals surface area contributed by atoms with Crippen LogP contribution >= 0.6 is 0 Å². The summed E-state index contributed by atoms with van der Waals surface area (Å²) >= 11 is 0. The molecule has 2 aromatic heterocycles. The van der Waals surface area contributed by atoms with Gasteiger partial charge in [0.05, 0.1) is 11.6 Å². The van der Waals surface area contributed by atoms with Crippen molar-refractivity contribution in [3.8, 4) is 11.3 Å². The minimum atomic E-state index is -0.628. The molecule has 0 bridgehead atoms. The lowest BCUT2D eigenvalue weighted by molar-refractivity contribution is -0.117. The molecule has 5 N–H and O–H groups in total. The van der Waals surface area contributed by atoms with E-state index in [2.05, 4.69) is 22.5 Å². The Morgan fingerprint density at radius 3 is 2.49 bits per heavy atom. The van der Waals surface area contributed by atoms with Crippen molar-refractivity contribution >= 4 is 23.5 Å². The van der Waals surface area contributed by atoms with Gasteiger partial charge in [-0.2, -0.15) is 5.10 Å². The molecule has 0 spiro atoms. The third-order valence-electron chi connectivity index (χ3n) is 8.01. The molecule has 4 unspecified atom stereocenters. The molecule has 0 saturated heterocycles. The van der Waals surface area contributed by atoms with Crippen LogP contribution in [0.25, 0.3) is 11.3 Å². The van der Waals surface area contributed by atoms with Crippen LogP contribution in [-0.4, -0.2) is 26.8 Å². The van der Waals surface area contributed by atoms with Gasteiger partial charge in [0.1, 0.15) is 17.1 Å². The molecule has 2 amide bonds. The highest BCUT2D eigenvalue weighted by Crippen LogP contribution is 2.67. The molecule has 9 heteroatoms. The molecule has 5 rings (SSSR count). The number of aromatic nitrogens is 3. The van der Waals surface area contributed by atoms with E-state index >= 15 is 0 Å². The SMILES string of the molecule is CC(C(=O)Nc1cc(C2CC3(C)CCC23)no1)c1ccc(-c2nn(C(C)C)c(N)c2C(N)=O)cc1. The Bertz CT molecular complexity index is 1290. The predicted octanol–water partition coefficient (Wildman–Crippen LogP) is 4.45. The fraction of sp³-hybridized carbons (Fsp3) is 0.462. The number of primary amides is 1. The van der Waals surface area contributed by atoms with Gasteiger partial charge in [0.2, 0.25) is 11.8 Å². The number of nitrogens with one attached hydrogen (secondary N) is 1. The first kappa shape index (κ1) is 23.1. The topological polar surface area (TPSA) is 142 Å². The quantitative estimate of drug-likeness (QED) is 0.460. The number of carbonyl (C=O) groups excluding carboxylic acids is 2. The summed E-state index contributed by atoms with van der Waals surface area (Å²) in [5.41, 5.74) is 15.3. The Balaban J connectivity index is 1.28. The fourth-order valence-electron chi connectivity index (χ4n) is 5.66. The summed E-state index contributed by atoms with van der Waals surface area (Å²) in [6.45, 7) is 8.02. The highest BCUT2D eigenvalue weighted by atomic mass is 16.5. The molecule has 2 aliphatic rings. The van der Waals surface area contributed by atoms with Crippen LogP contribution in [0, 0.1) is 11.3 Å². The van der Waals surface area contributed by atoms with Crippen molar-refractivity contribution in [2.24, 2.45) is 17.1 Å². The summed E-state index contributed by atoms with van der Waals surface area (Å²) in [6.07, 6.45) is 3.68. The molecule has 9 nitrogen and oxygen atoms in total. The lowest BCUT2D eigenvalue weighted by Gasteiger charge is -2.61. The number of hydrogen-bond donors (Lipinski definition) is 3. The van der Waals surface area contributed by atoms with Gasteiger partial charge in [0.25, 0.3) is 5.91 Å². The van der Waals surface area contributed by atoms with Crippen LogP contribution in [0.5, 0.6) is 0 Å². The predicted molar refractivity (Wildman–Crippen MR) is 133 cm³/mol. The van der Waals surface area contributed by atoms with Crippen molar-refractivity contribution in [1.82, 2.24) is 14.9 Å².